The standard InChI is InChI=1S/C23H26O/c1-16(19-9-7-6-8-18(19)15-24)17-10-11-20-21(14-17)23(4,5)13-12-22(20,2)3/h6-11,14-15H,1,12-13H2,2-5H3. The molecule has 0 N–H and O–H groups in total. The lowest BCUT2D eigenvalue weighted by molar-refractivity contribution is 0.112. The number of carbonyl (C=O) groups excluding carboxylic acids is 1. The van der Waals surface area contributed by atoms with Crippen LogP contribution in [0.3, 0.4) is 0 Å². The van der Waals surface area contributed by atoms with Crippen LogP contribution in [0.2, 0.25) is 0 Å². The molecule has 1 heteroatoms. The summed E-state index contributed by atoms with van der Waals surface area (Å²) in [6, 6.07) is 14.4. The minimum absolute atomic E-state index is 0.172. The van der Waals surface area contributed by atoms with Crippen molar-refractivity contribution in [3.63, 3.8) is 0 Å². The molecule has 0 unspecified atom stereocenters. The number of benzene rings is 2. The highest BCUT2D eigenvalue weighted by Gasteiger charge is 2.37. The van der Waals surface area contributed by atoms with Crippen LogP contribution in [0.25, 0.3) is 5.57 Å². The van der Waals surface area contributed by atoms with Crippen LogP contribution in [0.1, 0.15) is 73.1 Å². The first-order chi connectivity index (χ1) is 11.3. The van der Waals surface area contributed by atoms with Gasteiger partial charge in [-0.15, -0.1) is 0 Å². The second kappa shape index (κ2) is 5.73. The van der Waals surface area contributed by atoms with Gasteiger partial charge in [0.1, 0.15) is 0 Å². The van der Waals surface area contributed by atoms with Gasteiger partial charge in [-0.2, -0.15) is 0 Å². The third-order valence-corrected chi connectivity index (χ3v) is 5.61. The van der Waals surface area contributed by atoms with E-state index in [9.17, 15) is 4.79 Å². The molecule has 1 nitrogen and oxygen atoms in total. The fourth-order valence-corrected chi connectivity index (χ4v) is 3.81. The van der Waals surface area contributed by atoms with E-state index in [4.69, 9.17) is 0 Å². The largest absolute Gasteiger partial charge is 0.298 e. The number of hydrogen-bond acceptors (Lipinski definition) is 1. The van der Waals surface area contributed by atoms with Gasteiger partial charge < -0.3 is 0 Å². The third-order valence-electron chi connectivity index (χ3n) is 5.61. The van der Waals surface area contributed by atoms with Crippen LogP contribution in [0.15, 0.2) is 49.0 Å². The lowest BCUT2D eigenvalue weighted by Crippen LogP contribution is -2.33. The second-order valence-corrected chi connectivity index (χ2v) is 8.21. The van der Waals surface area contributed by atoms with Crippen LogP contribution in [0.4, 0.5) is 0 Å². The monoisotopic (exact) mass is 318 g/mol. The number of rotatable bonds is 3. The summed E-state index contributed by atoms with van der Waals surface area (Å²) in [7, 11) is 0. The quantitative estimate of drug-likeness (QED) is 0.643. The summed E-state index contributed by atoms with van der Waals surface area (Å²) in [6.45, 7) is 13.6. The van der Waals surface area contributed by atoms with Gasteiger partial charge in [0.25, 0.3) is 0 Å². The van der Waals surface area contributed by atoms with E-state index in [1.54, 1.807) is 0 Å². The van der Waals surface area contributed by atoms with Gasteiger partial charge in [0.2, 0.25) is 0 Å². The zero-order chi connectivity index (χ0) is 17.5. The third kappa shape index (κ3) is 2.73. The Hall–Kier alpha value is -2.15. The van der Waals surface area contributed by atoms with Gasteiger partial charge >= 0.3 is 0 Å². The maximum Gasteiger partial charge on any atom is 0.150 e. The van der Waals surface area contributed by atoms with Crippen molar-refractivity contribution in [3.05, 3.63) is 76.9 Å². The van der Waals surface area contributed by atoms with Crippen LogP contribution >= 0.6 is 0 Å². The predicted octanol–water partition coefficient (Wildman–Crippen LogP) is 5.91. The minimum Gasteiger partial charge on any atom is -0.298 e. The van der Waals surface area contributed by atoms with Crippen molar-refractivity contribution in [2.75, 3.05) is 0 Å². The molecule has 0 radical (unpaired) electrons. The van der Waals surface area contributed by atoms with Crippen molar-refractivity contribution in [1.82, 2.24) is 0 Å². The molecular formula is C23H26O. The lowest BCUT2D eigenvalue weighted by atomic mass is 9.63. The Morgan fingerprint density at radius 2 is 1.58 bits per heavy atom. The van der Waals surface area contributed by atoms with Crippen molar-refractivity contribution in [3.8, 4) is 0 Å². The first kappa shape index (κ1) is 16.7. The summed E-state index contributed by atoms with van der Waals surface area (Å²) in [5.41, 5.74) is 6.88. The van der Waals surface area contributed by atoms with Crippen LogP contribution in [0.5, 0.6) is 0 Å². The molecule has 0 aliphatic heterocycles. The van der Waals surface area contributed by atoms with Gasteiger partial charge in [-0.25, -0.2) is 0 Å². The van der Waals surface area contributed by atoms with E-state index in [0.29, 0.717) is 5.56 Å². The fraction of sp³-hybridized carbons (Fsp3) is 0.348. The van der Waals surface area contributed by atoms with Gasteiger partial charge in [-0.1, -0.05) is 76.7 Å². The van der Waals surface area contributed by atoms with Crippen LogP contribution in [0, 0.1) is 0 Å². The highest BCUT2D eigenvalue weighted by Crippen LogP contribution is 2.46. The Balaban J connectivity index is 2.11. The Labute approximate surface area is 145 Å². The molecule has 0 aromatic heterocycles. The fourth-order valence-electron chi connectivity index (χ4n) is 3.81. The smallest absolute Gasteiger partial charge is 0.150 e. The van der Waals surface area contributed by atoms with Crippen molar-refractivity contribution in [2.24, 2.45) is 0 Å². The maximum atomic E-state index is 11.3. The minimum atomic E-state index is 0.172. The molecule has 0 atom stereocenters. The average molecular weight is 318 g/mol. The van der Waals surface area contributed by atoms with E-state index >= 15 is 0 Å². The van der Waals surface area contributed by atoms with E-state index in [1.165, 1.54) is 24.0 Å². The molecule has 1 aliphatic carbocycles. The Morgan fingerprint density at radius 1 is 0.958 bits per heavy atom. The maximum absolute atomic E-state index is 11.3. The Kier molecular flexibility index (Phi) is 3.99. The second-order valence-electron chi connectivity index (χ2n) is 8.21. The SMILES string of the molecule is C=C(c1ccc2c(c1)C(C)(C)CCC2(C)C)c1ccccc1C=O. The normalized spacial score (nSPS) is 17.8. The molecule has 3 rings (SSSR count). The Morgan fingerprint density at radius 3 is 2.25 bits per heavy atom. The number of aldehydes is 1. The van der Waals surface area contributed by atoms with Gasteiger partial charge in [0.05, 0.1) is 0 Å². The highest BCUT2D eigenvalue weighted by molar-refractivity contribution is 5.90. The van der Waals surface area contributed by atoms with E-state index in [-0.39, 0.29) is 10.8 Å². The van der Waals surface area contributed by atoms with E-state index in [0.717, 1.165) is 23.0 Å². The van der Waals surface area contributed by atoms with Gasteiger partial charge in [0.15, 0.2) is 6.29 Å². The summed E-state index contributed by atoms with van der Waals surface area (Å²) in [5, 5.41) is 0. The number of hydrogen-bond donors (Lipinski definition) is 0. The first-order valence-corrected chi connectivity index (χ1v) is 8.65. The van der Waals surface area contributed by atoms with Gasteiger partial charge in [-0.05, 0) is 51.5 Å². The Bertz CT molecular complexity index is 809. The molecule has 24 heavy (non-hydrogen) atoms. The van der Waals surface area contributed by atoms with E-state index in [2.05, 4.69) is 52.5 Å². The van der Waals surface area contributed by atoms with Gasteiger partial charge in [-0.3, -0.25) is 4.79 Å². The molecular weight excluding hydrogens is 292 g/mol. The zero-order valence-corrected chi connectivity index (χ0v) is 15.1. The summed E-state index contributed by atoms with van der Waals surface area (Å²) in [6.07, 6.45) is 3.31. The summed E-state index contributed by atoms with van der Waals surface area (Å²) in [4.78, 5) is 11.3. The molecule has 0 heterocycles. The molecule has 1 aliphatic rings. The predicted molar refractivity (Wildman–Crippen MR) is 102 cm³/mol. The average Bonchev–Trinajstić information content (AvgIpc) is 2.58. The topological polar surface area (TPSA) is 17.1 Å². The summed E-state index contributed by atoms with van der Waals surface area (Å²) >= 11 is 0. The van der Waals surface area contributed by atoms with Crippen LogP contribution in [-0.2, 0) is 10.8 Å². The van der Waals surface area contributed by atoms with E-state index in [1.807, 2.05) is 24.3 Å². The zero-order valence-electron chi connectivity index (χ0n) is 15.1. The highest BCUT2D eigenvalue weighted by atomic mass is 16.1. The van der Waals surface area contributed by atoms with E-state index < -0.39 is 0 Å². The number of carbonyl (C=O) groups is 1. The van der Waals surface area contributed by atoms with Crippen LogP contribution in [-0.4, -0.2) is 6.29 Å². The van der Waals surface area contributed by atoms with Crippen molar-refractivity contribution in [2.45, 2.75) is 51.4 Å². The molecule has 0 saturated carbocycles. The van der Waals surface area contributed by atoms with Crippen molar-refractivity contribution in [1.29, 1.82) is 0 Å². The van der Waals surface area contributed by atoms with Crippen LogP contribution < -0.4 is 0 Å². The molecule has 124 valence electrons. The molecule has 0 bridgehead atoms. The molecule has 0 fully saturated rings. The number of fused-ring (bicyclic) bond motifs is 1. The molecule has 0 amide bonds. The molecule has 0 spiro atoms. The molecule has 0 saturated heterocycles. The molecule has 2 aromatic rings. The summed E-state index contributed by atoms with van der Waals surface area (Å²) < 4.78 is 0. The first-order valence-electron chi connectivity index (χ1n) is 8.65. The van der Waals surface area contributed by atoms with Gasteiger partial charge in [0, 0.05) is 5.56 Å². The summed E-state index contributed by atoms with van der Waals surface area (Å²) in [5.74, 6) is 0. The van der Waals surface area contributed by atoms with Crippen molar-refractivity contribution >= 4 is 11.9 Å². The lowest BCUT2D eigenvalue weighted by Gasteiger charge is -2.42. The molecule has 2 aromatic carbocycles. The van der Waals surface area contributed by atoms with Crippen molar-refractivity contribution < 1.29 is 4.79 Å².